The van der Waals surface area contributed by atoms with E-state index in [0.717, 1.165) is 0 Å². The van der Waals surface area contributed by atoms with Crippen molar-refractivity contribution in [3.05, 3.63) is 29.8 Å². The van der Waals surface area contributed by atoms with Gasteiger partial charge in [0, 0.05) is 19.6 Å². The van der Waals surface area contributed by atoms with Crippen molar-refractivity contribution >= 4 is 35.6 Å². The van der Waals surface area contributed by atoms with E-state index in [2.05, 4.69) is 20.6 Å². The maximum absolute atomic E-state index is 13.7. The minimum absolute atomic E-state index is 0.0769. The Morgan fingerprint density at radius 1 is 0.929 bits per heavy atom. The van der Waals surface area contributed by atoms with Gasteiger partial charge < -0.3 is 54.4 Å². The molecular weight excluding hydrogens is 548 g/mol. The number of amides is 3. The fourth-order valence-corrected chi connectivity index (χ4v) is 4.55. The zero-order valence-electron chi connectivity index (χ0n) is 23.4. The maximum Gasteiger partial charge on any atom is 0.326 e. The first-order valence-electron chi connectivity index (χ1n) is 13.7. The van der Waals surface area contributed by atoms with E-state index >= 15 is 0 Å². The summed E-state index contributed by atoms with van der Waals surface area (Å²) < 4.78 is 0. The molecule has 0 aromatic heterocycles. The number of nitrogens with zero attached hydrogens (tertiary/aromatic N) is 3. The van der Waals surface area contributed by atoms with E-state index in [1.165, 1.54) is 17.0 Å². The summed E-state index contributed by atoms with van der Waals surface area (Å²) in [6, 6.07) is 2.10. The van der Waals surface area contributed by atoms with Gasteiger partial charge in [-0.05, 0) is 62.6 Å². The molecule has 1 fully saturated rings. The number of benzene rings is 1. The number of carboxylic acids is 1. The summed E-state index contributed by atoms with van der Waals surface area (Å²) in [6.45, 7) is 0.663. The molecule has 1 aromatic carbocycles. The highest BCUT2D eigenvalue weighted by atomic mass is 16.4. The predicted octanol–water partition coefficient (Wildman–Crippen LogP) is -2.59. The van der Waals surface area contributed by atoms with Crippen LogP contribution in [-0.4, -0.2) is 94.5 Å². The second kappa shape index (κ2) is 16.6. The number of likely N-dealkylation sites (tertiary alicyclic amines) is 1. The van der Waals surface area contributed by atoms with Crippen molar-refractivity contribution < 1.29 is 29.4 Å². The largest absolute Gasteiger partial charge is 0.508 e. The van der Waals surface area contributed by atoms with Gasteiger partial charge >= 0.3 is 5.97 Å². The lowest BCUT2D eigenvalue weighted by molar-refractivity contribution is -0.145. The number of guanidine groups is 2. The fraction of sp³-hybridized carbons (Fsp3) is 0.538. The average molecular weight is 591 g/mol. The van der Waals surface area contributed by atoms with Gasteiger partial charge in [-0.2, -0.15) is 0 Å². The summed E-state index contributed by atoms with van der Waals surface area (Å²) in [7, 11) is 0. The Kier molecular flexibility index (Phi) is 13.3. The van der Waals surface area contributed by atoms with Crippen LogP contribution < -0.4 is 39.3 Å². The SMILES string of the molecule is NC(N)=NCCCC(NC(=O)C1CCCN1C(=O)C(CCCN=C(N)N)NC(=O)C(N)Cc1ccc(O)cc1)C(=O)O. The van der Waals surface area contributed by atoms with Gasteiger partial charge in [-0.1, -0.05) is 12.1 Å². The smallest absolute Gasteiger partial charge is 0.326 e. The van der Waals surface area contributed by atoms with Crippen LogP contribution in [-0.2, 0) is 25.6 Å². The van der Waals surface area contributed by atoms with Crippen molar-refractivity contribution in [2.75, 3.05) is 19.6 Å². The fourth-order valence-electron chi connectivity index (χ4n) is 4.55. The van der Waals surface area contributed by atoms with Crippen LogP contribution in [0.2, 0.25) is 0 Å². The number of nitrogens with one attached hydrogen (secondary N) is 2. The van der Waals surface area contributed by atoms with Gasteiger partial charge in [0.05, 0.1) is 6.04 Å². The van der Waals surface area contributed by atoms with Gasteiger partial charge in [-0.3, -0.25) is 24.4 Å². The summed E-state index contributed by atoms with van der Waals surface area (Å²) in [4.78, 5) is 60.6. The van der Waals surface area contributed by atoms with Gasteiger partial charge in [-0.25, -0.2) is 4.79 Å². The molecule has 16 nitrogen and oxygen atoms in total. The number of aliphatic carboxylic acids is 1. The first-order valence-corrected chi connectivity index (χ1v) is 13.7. The lowest BCUT2D eigenvalue weighted by atomic mass is 10.0. The van der Waals surface area contributed by atoms with E-state index in [1.807, 2.05) is 0 Å². The van der Waals surface area contributed by atoms with Crippen LogP contribution in [0.3, 0.4) is 0 Å². The zero-order chi connectivity index (χ0) is 31.2. The molecule has 14 N–H and O–H groups in total. The molecule has 3 amide bonds. The molecular formula is C26H42N10O6. The zero-order valence-corrected chi connectivity index (χ0v) is 23.4. The lowest BCUT2D eigenvalue weighted by Crippen LogP contribution is -2.57. The molecule has 1 heterocycles. The molecule has 232 valence electrons. The third-order valence-corrected chi connectivity index (χ3v) is 6.69. The van der Waals surface area contributed by atoms with E-state index in [9.17, 15) is 29.4 Å². The molecule has 0 saturated carbocycles. The van der Waals surface area contributed by atoms with E-state index < -0.39 is 47.9 Å². The summed E-state index contributed by atoms with van der Waals surface area (Å²) in [5.41, 5.74) is 28.2. The van der Waals surface area contributed by atoms with Crippen molar-refractivity contribution in [3.8, 4) is 5.75 Å². The van der Waals surface area contributed by atoms with Crippen LogP contribution in [0.25, 0.3) is 0 Å². The highest BCUT2D eigenvalue weighted by Gasteiger charge is 2.39. The van der Waals surface area contributed by atoms with Crippen molar-refractivity contribution in [2.45, 2.75) is 69.1 Å². The first kappa shape index (κ1) is 33.6. The molecule has 42 heavy (non-hydrogen) atoms. The molecule has 4 unspecified atom stereocenters. The molecule has 1 aromatic rings. The number of carbonyl (C=O) groups is 4. The van der Waals surface area contributed by atoms with Gasteiger partial charge in [0.15, 0.2) is 11.9 Å². The molecule has 1 aliphatic heterocycles. The van der Waals surface area contributed by atoms with Gasteiger partial charge in [0.1, 0.15) is 23.9 Å². The summed E-state index contributed by atoms with van der Waals surface area (Å²) in [5.74, 6) is -3.06. The monoisotopic (exact) mass is 590 g/mol. The van der Waals surface area contributed by atoms with Gasteiger partial charge in [0.25, 0.3) is 0 Å². The van der Waals surface area contributed by atoms with E-state index in [-0.39, 0.29) is 56.6 Å². The first-order chi connectivity index (χ1) is 19.9. The van der Waals surface area contributed by atoms with Crippen LogP contribution in [0.5, 0.6) is 5.75 Å². The molecule has 0 aliphatic carbocycles. The minimum Gasteiger partial charge on any atom is -0.508 e. The quantitative estimate of drug-likeness (QED) is 0.0547. The van der Waals surface area contributed by atoms with E-state index in [0.29, 0.717) is 31.2 Å². The number of phenolic OH excluding ortho intramolecular Hbond substituents is 1. The predicted molar refractivity (Wildman–Crippen MR) is 156 cm³/mol. The van der Waals surface area contributed by atoms with Crippen LogP contribution in [0.4, 0.5) is 0 Å². The van der Waals surface area contributed by atoms with Crippen LogP contribution in [0.15, 0.2) is 34.3 Å². The second-order valence-corrected chi connectivity index (χ2v) is 10.0. The molecule has 0 spiro atoms. The summed E-state index contributed by atoms with van der Waals surface area (Å²) in [5, 5.41) is 24.3. The topological polar surface area (TPSA) is 291 Å². The number of aliphatic imine (C=N–C) groups is 2. The van der Waals surface area contributed by atoms with Crippen LogP contribution in [0, 0.1) is 0 Å². The number of aromatic hydroxyl groups is 1. The number of rotatable bonds is 16. The number of carboxylic acid groups (broad SMARTS) is 1. The molecule has 16 heteroatoms. The minimum atomic E-state index is -1.23. The van der Waals surface area contributed by atoms with Crippen molar-refractivity contribution in [2.24, 2.45) is 38.7 Å². The molecule has 0 radical (unpaired) electrons. The highest BCUT2D eigenvalue weighted by Crippen LogP contribution is 2.20. The van der Waals surface area contributed by atoms with Gasteiger partial charge in [0.2, 0.25) is 17.7 Å². The standard InChI is InChI=1S/C26H42N10O6/c27-17(14-15-7-9-16(37)10-8-15)21(38)34-18(4-1-11-32-25(28)29)23(40)36-13-3-6-20(36)22(39)35-19(24(41)42)5-2-12-33-26(30)31/h7-10,17-20,37H,1-6,11-14,27H2,(H,34,38)(H,35,39)(H,41,42)(H4,28,29,32)(H4,30,31,33). The second-order valence-electron chi connectivity index (χ2n) is 10.0. The Balaban J connectivity index is 2.11. The maximum atomic E-state index is 13.7. The molecule has 4 atom stereocenters. The van der Waals surface area contributed by atoms with Crippen LogP contribution in [0.1, 0.15) is 44.1 Å². The summed E-state index contributed by atoms with van der Waals surface area (Å²) >= 11 is 0. The van der Waals surface area contributed by atoms with Crippen molar-refractivity contribution in [3.63, 3.8) is 0 Å². The molecule has 1 aliphatic rings. The van der Waals surface area contributed by atoms with Crippen molar-refractivity contribution in [1.82, 2.24) is 15.5 Å². The molecule has 0 bridgehead atoms. The highest BCUT2D eigenvalue weighted by molar-refractivity contribution is 5.94. The van der Waals surface area contributed by atoms with E-state index in [1.54, 1.807) is 12.1 Å². The normalized spacial score (nSPS) is 16.5. The number of carbonyl (C=O) groups excluding carboxylic acids is 3. The Hall–Kier alpha value is -4.60. The third kappa shape index (κ3) is 11.1. The Morgan fingerprint density at radius 3 is 2.05 bits per heavy atom. The Labute approximate surface area is 243 Å². The lowest BCUT2D eigenvalue weighted by Gasteiger charge is -2.30. The molecule has 1 saturated heterocycles. The Morgan fingerprint density at radius 2 is 1.50 bits per heavy atom. The third-order valence-electron chi connectivity index (χ3n) is 6.69. The van der Waals surface area contributed by atoms with Crippen LogP contribution >= 0.6 is 0 Å². The number of hydrogen-bond acceptors (Lipinski definition) is 8. The van der Waals surface area contributed by atoms with Crippen molar-refractivity contribution in [1.29, 1.82) is 0 Å². The molecule has 2 rings (SSSR count). The number of hydrogen-bond donors (Lipinski definition) is 9. The number of phenols is 1. The Bertz CT molecular complexity index is 1130. The number of nitrogens with two attached hydrogens (primary N) is 5. The van der Waals surface area contributed by atoms with Gasteiger partial charge in [-0.15, -0.1) is 0 Å². The van der Waals surface area contributed by atoms with E-state index in [4.69, 9.17) is 28.7 Å². The average Bonchev–Trinajstić information content (AvgIpc) is 3.42. The summed E-state index contributed by atoms with van der Waals surface area (Å²) in [6.07, 6.45) is 1.92.